The number of nitrogens with one attached hydrogen (secondary N) is 2. The van der Waals surface area contributed by atoms with Gasteiger partial charge in [0.1, 0.15) is 0 Å². The topological polar surface area (TPSA) is 75.3 Å². The Hall–Kier alpha value is -0.920. The van der Waals surface area contributed by atoms with Crippen LogP contribution in [0.1, 0.15) is 35.2 Å². The van der Waals surface area contributed by atoms with E-state index in [0.717, 1.165) is 11.8 Å². The lowest BCUT2D eigenvalue weighted by Crippen LogP contribution is -2.39. The molecule has 1 heterocycles. The molecule has 114 valence electrons. The van der Waals surface area contributed by atoms with Crippen molar-refractivity contribution in [3.63, 3.8) is 0 Å². The molecule has 7 heteroatoms. The van der Waals surface area contributed by atoms with Gasteiger partial charge in [0, 0.05) is 9.75 Å². The molecular weight excluding hydrogens is 296 g/mol. The highest BCUT2D eigenvalue weighted by Gasteiger charge is 2.21. The average Bonchev–Trinajstić information content (AvgIpc) is 2.61. The Balaban J connectivity index is 2.79. The van der Waals surface area contributed by atoms with Gasteiger partial charge >= 0.3 is 0 Å². The summed E-state index contributed by atoms with van der Waals surface area (Å²) < 4.78 is 24.2. The largest absolute Gasteiger partial charge is 0.348 e. The zero-order chi connectivity index (χ0) is 15.5. The molecule has 0 radical (unpaired) electrons. The molecule has 1 amide bonds. The molecule has 0 saturated carbocycles. The highest BCUT2D eigenvalue weighted by atomic mass is 32.2. The van der Waals surface area contributed by atoms with Crippen molar-refractivity contribution in [1.29, 1.82) is 0 Å². The summed E-state index contributed by atoms with van der Waals surface area (Å²) in [5.74, 6) is -0.0951. The molecule has 1 unspecified atom stereocenters. The summed E-state index contributed by atoms with van der Waals surface area (Å²) in [6, 6.07) is 1.98. The molecule has 1 aromatic heterocycles. The maximum absolute atomic E-state index is 11.9. The molecule has 0 aliphatic carbocycles. The quantitative estimate of drug-likeness (QED) is 0.839. The molecule has 1 rings (SSSR count). The molecule has 5 nitrogen and oxygen atoms in total. The van der Waals surface area contributed by atoms with Crippen LogP contribution in [0, 0.1) is 19.8 Å². The van der Waals surface area contributed by atoms with Crippen molar-refractivity contribution < 1.29 is 13.2 Å². The van der Waals surface area contributed by atoms with Crippen molar-refractivity contribution in [3.05, 3.63) is 21.4 Å². The van der Waals surface area contributed by atoms with Crippen LogP contribution in [0.4, 0.5) is 0 Å². The summed E-state index contributed by atoms with van der Waals surface area (Å²) in [6.07, 6.45) is 1.03. The number of rotatable bonds is 6. The van der Waals surface area contributed by atoms with Crippen molar-refractivity contribution in [1.82, 2.24) is 10.0 Å². The van der Waals surface area contributed by atoms with Crippen LogP contribution in [-0.2, 0) is 14.8 Å². The number of amides is 1. The molecule has 0 bridgehead atoms. The molecule has 2 N–H and O–H groups in total. The Morgan fingerprint density at radius 1 is 1.35 bits per heavy atom. The zero-order valence-corrected chi connectivity index (χ0v) is 14.1. The van der Waals surface area contributed by atoms with Crippen molar-refractivity contribution >= 4 is 27.3 Å². The highest BCUT2D eigenvalue weighted by molar-refractivity contribution is 7.88. The first-order valence-corrected chi connectivity index (χ1v) is 9.12. The highest BCUT2D eigenvalue weighted by Crippen LogP contribution is 2.30. The Morgan fingerprint density at radius 3 is 2.35 bits per heavy atom. The van der Waals surface area contributed by atoms with E-state index >= 15 is 0 Å². The van der Waals surface area contributed by atoms with Crippen LogP contribution in [0.5, 0.6) is 0 Å². The van der Waals surface area contributed by atoms with E-state index < -0.39 is 10.0 Å². The van der Waals surface area contributed by atoms with Gasteiger partial charge in [0.15, 0.2) is 0 Å². The maximum Gasteiger partial charge on any atom is 0.235 e. The maximum atomic E-state index is 11.9. The van der Waals surface area contributed by atoms with E-state index in [2.05, 4.69) is 16.1 Å². The van der Waals surface area contributed by atoms with Gasteiger partial charge in [-0.3, -0.25) is 4.79 Å². The van der Waals surface area contributed by atoms with Crippen LogP contribution in [0.15, 0.2) is 6.07 Å². The number of carbonyl (C=O) groups is 1. The summed E-state index contributed by atoms with van der Waals surface area (Å²) >= 11 is 1.70. The second-order valence-electron chi connectivity index (χ2n) is 5.25. The molecule has 0 aliphatic heterocycles. The minimum atomic E-state index is -3.35. The number of carbonyl (C=O) groups excluding carboxylic acids is 1. The van der Waals surface area contributed by atoms with Crippen molar-refractivity contribution in [2.24, 2.45) is 5.92 Å². The van der Waals surface area contributed by atoms with Crippen LogP contribution in [0.2, 0.25) is 0 Å². The molecule has 0 aliphatic rings. The standard InChI is InChI=1S/C13H22N2O3S2/c1-8(2)13(11-6-9(3)19-10(11)4)15-12(16)7-14-20(5,17)18/h6,8,13-14H,7H2,1-5H3,(H,15,16). The minimum absolute atomic E-state index is 0.103. The molecule has 0 spiro atoms. The first-order chi connectivity index (χ1) is 9.10. The smallest absolute Gasteiger partial charge is 0.235 e. The van der Waals surface area contributed by atoms with Crippen LogP contribution >= 0.6 is 11.3 Å². The van der Waals surface area contributed by atoms with Crippen LogP contribution in [-0.4, -0.2) is 27.1 Å². The average molecular weight is 318 g/mol. The van der Waals surface area contributed by atoms with Gasteiger partial charge in [0.25, 0.3) is 0 Å². The number of aryl methyl sites for hydroxylation is 2. The van der Waals surface area contributed by atoms with Gasteiger partial charge in [0.2, 0.25) is 15.9 Å². The predicted octanol–water partition coefficient (Wildman–Crippen LogP) is 1.73. The Kier molecular flexibility index (Phi) is 5.73. The zero-order valence-electron chi connectivity index (χ0n) is 12.5. The van der Waals surface area contributed by atoms with Gasteiger partial charge in [-0.2, -0.15) is 0 Å². The van der Waals surface area contributed by atoms with Gasteiger partial charge < -0.3 is 5.32 Å². The van der Waals surface area contributed by atoms with Crippen LogP contribution in [0.25, 0.3) is 0 Å². The van der Waals surface area contributed by atoms with E-state index in [4.69, 9.17) is 0 Å². The van der Waals surface area contributed by atoms with Crippen molar-refractivity contribution in [3.8, 4) is 0 Å². The Labute approximate surface area is 124 Å². The van der Waals surface area contributed by atoms with Gasteiger partial charge in [0.05, 0.1) is 18.8 Å². The van der Waals surface area contributed by atoms with E-state index in [1.54, 1.807) is 11.3 Å². The molecule has 1 atom stereocenters. The fraction of sp³-hybridized carbons (Fsp3) is 0.615. The molecule has 0 aromatic carbocycles. The summed E-state index contributed by atoms with van der Waals surface area (Å²) in [5.41, 5.74) is 1.11. The molecule has 1 aromatic rings. The first kappa shape index (κ1) is 17.1. The van der Waals surface area contributed by atoms with Crippen LogP contribution < -0.4 is 10.0 Å². The van der Waals surface area contributed by atoms with E-state index in [-0.39, 0.29) is 24.4 Å². The summed E-state index contributed by atoms with van der Waals surface area (Å²) in [5, 5.41) is 2.90. The van der Waals surface area contributed by atoms with Gasteiger partial charge in [-0.1, -0.05) is 13.8 Å². The van der Waals surface area contributed by atoms with Gasteiger partial charge in [-0.25, -0.2) is 13.1 Å². The van der Waals surface area contributed by atoms with E-state index in [1.165, 1.54) is 9.75 Å². The minimum Gasteiger partial charge on any atom is -0.348 e. The number of hydrogen-bond donors (Lipinski definition) is 2. The monoisotopic (exact) mass is 318 g/mol. The second-order valence-corrected chi connectivity index (χ2v) is 8.54. The normalized spacial score (nSPS) is 13.5. The number of thiophene rings is 1. The lowest BCUT2D eigenvalue weighted by Gasteiger charge is -2.22. The molecule has 0 saturated heterocycles. The Morgan fingerprint density at radius 2 is 1.95 bits per heavy atom. The number of sulfonamides is 1. The third-order valence-corrected chi connectivity index (χ3v) is 4.54. The SMILES string of the molecule is Cc1cc(C(NC(=O)CNS(C)(=O)=O)C(C)C)c(C)s1. The summed E-state index contributed by atoms with van der Waals surface area (Å²) in [4.78, 5) is 14.2. The predicted molar refractivity (Wildman–Crippen MR) is 82.4 cm³/mol. The molecule has 0 fully saturated rings. The first-order valence-electron chi connectivity index (χ1n) is 6.41. The van der Waals surface area contributed by atoms with Crippen LogP contribution in [0.3, 0.4) is 0 Å². The van der Waals surface area contributed by atoms with Crippen molar-refractivity contribution in [2.75, 3.05) is 12.8 Å². The fourth-order valence-corrected chi connectivity index (χ4v) is 3.35. The van der Waals surface area contributed by atoms with E-state index in [0.29, 0.717) is 0 Å². The summed E-state index contributed by atoms with van der Waals surface area (Å²) in [6.45, 7) is 7.89. The molecule has 20 heavy (non-hydrogen) atoms. The Bertz CT molecular complexity index is 576. The fourth-order valence-electron chi connectivity index (χ4n) is 1.98. The van der Waals surface area contributed by atoms with Crippen molar-refractivity contribution in [2.45, 2.75) is 33.7 Å². The molecular formula is C13H22N2O3S2. The second kappa shape index (κ2) is 6.69. The van der Waals surface area contributed by atoms with E-state index in [9.17, 15) is 13.2 Å². The number of hydrogen-bond acceptors (Lipinski definition) is 4. The van der Waals surface area contributed by atoms with Gasteiger partial charge in [-0.15, -0.1) is 11.3 Å². The van der Waals surface area contributed by atoms with E-state index in [1.807, 2.05) is 27.7 Å². The summed E-state index contributed by atoms with van der Waals surface area (Å²) in [7, 11) is -3.35. The third-order valence-electron chi connectivity index (χ3n) is 2.89. The van der Waals surface area contributed by atoms with Gasteiger partial charge in [-0.05, 0) is 31.4 Å². The lowest BCUT2D eigenvalue weighted by atomic mass is 9.96. The third kappa shape index (κ3) is 5.22. The lowest BCUT2D eigenvalue weighted by molar-refractivity contribution is -0.121.